The predicted molar refractivity (Wildman–Crippen MR) is 133 cm³/mol. The summed E-state index contributed by atoms with van der Waals surface area (Å²) in [7, 11) is 0. The lowest BCUT2D eigenvalue weighted by Gasteiger charge is -2.36. The Morgan fingerprint density at radius 3 is 2.17 bits per heavy atom. The topological polar surface area (TPSA) is 113 Å². The number of piperidine rings is 1. The Kier molecular flexibility index (Phi) is 6.67. The van der Waals surface area contributed by atoms with E-state index in [1.807, 2.05) is 24.3 Å². The van der Waals surface area contributed by atoms with Crippen molar-refractivity contribution >= 4 is 28.3 Å². The number of hydrogen-bond acceptors (Lipinski definition) is 7. The number of nitrogens with zero attached hydrogens (tertiary/aromatic N) is 3. The molecule has 3 aromatic carbocycles. The number of non-ortho nitro benzene ring substituents is 1. The fourth-order valence-corrected chi connectivity index (χ4v) is 5.06. The highest BCUT2D eigenvalue weighted by atomic mass is 16.6. The second kappa shape index (κ2) is 10.0. The van der Waals surface area contributed by atoms with Gasteiger partial charge in [0.25, 0.3) is 17.5 Å². The van der Waals surface area contributed by atoms with Crippen LogP contribution in [0.15, 0.2) is 60.7 Å². The van der Waals surface area contributed by atoms with Crippen molar-refractivity contribution in [2.45, 2.75) is 18.9 Å². The van der Waals surface area contributed by atoms with Gasteiger partial charge in [-0.1, -0.05) is 24.3 Å². The first-order chi connectivity index (χ1) is 17.4. The molecule has 186 valence electrons. The number of hydrogen-bond donors (Lipinski definition) is 1. The third-order valence-electron chi connectivity index (χ3n) is 6.96. The first-order valence-electron chi connectivity index (χ1n) is 12.1. The maximum absolute atomic E-state index is 13.2. The maximum atomic E-state index is 13.2. The number of aliphatic hydroxyl groups excluding tert-OH is 1. The molecule has 1 saturated heterocycles. The average molecular weight is 490 g/mol. The number of likely N-dealkylation sites (tertiary alicyclic amines) is 1. The third-order valence-corrected chi connectivity index (χ3v) is 6.96. The van der Waals surface area contributed by atoms with Gasteiger partial charge in [0.05, 0.1) is 4.92 Å². The fraction of sp³-hybridized carbons (Fsp3) is 0.333. The number of carbonyl (C=O) groups is 2. The summed E-state index contributed by atoms with van der Waals surface area (Å²) >= 11 is 0. The summed E-state index contributed by atoms with van der Waals surface area (Å²) in [5.74, 6) is 0.203. The number of rotatable bonds is 8. The number of imide groups is 1. The molecule has 9 heteroatoms. The summed E-state index contributed by atoms with van der Waals surface area (Å²) in [5, 5.41) is 22.8. The van der Waals surface area contributed by atoms with Crippen LogP contribution in [0.25, 0.3) is 10.8 Å². The van der Waals surface area contributed by atoms with Crippen molar-refractivity contribution in [3.63, 3.8) is 0 Å². The van der Waals surface area contributed by atoms with E-state index < -0.39 is 11.0 Å². The van der Waals surface area contributed by atoms with Crippen LogP contribution in [0.5, 0.6) is 5.75 Å². The molecule has 0 aliphatic carbocycles. The highest BCUT2D eigenvalue weighted by Gasteiger charge is 2.34. The van der Waals surface area contributed by atoms with E-state index >= 15 is 0 Å². The SMILES string of the molecule is O=C1c2cccc3cccc(c23)C(=O)N1CC1CCN(CC(O)COc2ccc([N+](=O)[O-])cc2)CC1. The van der Waals surface area contributed by atoms with Gasteiger partial charge in [0.2, 0.25) is 0 Å². The second-order valence-electron chi connectivity index (χ2n) is 9.39. The normalized spacial score (nSPS) is 17.4. The quantitative estimate of drug-likeness (QED) is 0.293. The number of β-amino-alcohol motifs (C(OH)–C–C–N with tert-alkyl or cyclic N) is 1. The lowest BCUT2D eigenvalue weighted by Crippen LogP contribution is -2.46. The minimum absolute atomic E-state index is 0.0139. The number of benzene rings is 3. The summed E-state index contributed by atoms with van der Waals surface area (Å²) in [4.78, 5) is 40.1. The molecule has 2 aliphatic heterocycles. The van der Waals surface area contributed by atoms with Crippen LogP contribution < -0.4 is 4.74 Å². The number of nitro benzene ring substituents is 1. The van der Waals surface area contributed by atoms with Gasteiger partial charge in [0.15, 0.2) is 0 Å². The summed E-state index contributed by atoms with van der Waals surface area (Å²) in [6.07, 6.45) is 0.927. The zero-order valence-electron chi connectivity index (χ0n) is 19.7. The summed E-state index contributed by atoms with van der Waals surface area (Å²) in [5.41, 5.74) is 1.15. The molecule has 0 aromatic heterocycles. The molecule has 9 nitrogen and oxygen atoms in total. The van der Waals surface area contributed by atoms with Crippen molar-refractivity contribution in [3.05, 3.63) is 81.9 Å². The van der Waals surface area contributed by atoms with Crippen LogP contribution in [-0.4, -0.2) is 70.5 Å². The lowest BCUT2D eigenvalue weighted by molar-refractivity contribution is -0.384. The Morgan fingerprint density at radius 1 is 0.972 bits per heavy atom. The van der Waals surface area contributed by atoms with Gasteiger partial charge < -0.3 is 14.7 Å². The van der Waals surface area contributed by atoms with Crippen LogP contribution in [0.1, 0.15) is 33.6 Å². The van der Waals surface area contributed by atoms with Crippen LogP contribution >= 0.6 is 0 Å². The van der Waals surface area contributed by atoms with Crippen molar-refractivity contribution in [2.75, 3.05) is 32.8 Å². The van der Waals surface area contributed by atoms with Crippen LogP contribution in [0.3, 0.4) is 0 Å². The molecule has 5 rings (SSSR count). The van der Waals surface area contributed by atoms with Crippen LogP contribution in [0.2, 0.25) is 0 Å². The summed E-state index contributed by atoms with van der Waals surface area (Å²) in [6.45, 7) is 2.42. The van der Waals surface area contributed by atoms with Crippen molar-refractivity contribution in [3.8, 4) is 5.75 Å². The van der Waals surface area contributed by atoms with Gasteiger partial charge in [-0.3, -0.25) is 24.6 Å². The molecule has 2 amide bonds. The number of amides is 2. The number of aliphatic hydroxyl groups is 1. The highest BCUT2D eigenvalue weighted by molar-refractivity contribution is 6.25. The van der Waals surface area contributed by atoms with Crippen molar-refractivity contribution in [1.29, 1.82) is 0 Å². The van der Waals surface area contributed by atoms with Crippen molar-refractivity contribution in [2.24, 2.45) is 5.92 Å². The molecule has 0 bridgehead atoms. The molecule has 1 atom stereocenters. The van der Waals surface area contributed by atoms with Crippen molar-refractivity contribution in [1.82, 2.24) is 9.80 Å². The molecule has 0 radical (unpaired) electrons. The fourth-order valence-electron chi connectivity index (χ4n) is 5.06. The first-order valence-corrected chi connectivity index (χ1v) is 12.1. The zero-order valence-corrected chi connectivity index (χ0v) is 19.7. The minimum atomic E-state index is -0.709. The molecule has 2 heterocycles. The molecule has 1 unspecified atom stereocenters. The summed E-state index contributed by atoms with van der Waals surface area (Å²) in [6, 6.07) is 16.9. The van der Waals surface area contributed by atoms with Gasteiger partial charge in [-0.2, -0.15) is 0 Å². The molecule has 3 aromatic rings. The van der Waals surface area contributed by atoms with Gasteiger partial charge in [-0.25, -0.2) is 0 Å². The molecular formula is C27H27N3O6. The zero-order chi connectivity index (χ0) is 25.2. The lowest BCUT2D eigenvalue weighted by atomic mass is 9.91. The van der Waals surface area contributed by atoms with E-state index in [1.54, 1.807) is 12.1 Å². The van der Waals surface area contributed by atoms with E-state index in [9.17, 15) is 24.8 Å². The smallest absolute Gasteiger partial charge is 0.269 e. The molecule has 2 aliphatic rings. The maximum Gasteiger partial charge on any atom is 0.269 e. The Labute approximate surface area is 208 Å². The molecule has 0 saturated carbocycles. The molecule has 36 heavy (non-hydrogen) atoms. The standard InChI is InChI=1S/C27H27N3O6/c31-21(17-36-22-9-7-20(8-10-22)30(34)35)16-28-13-11-18(12-14-28)15-29-26(32)23-5-1-3-19-4-2-6-24(25(19)23)27(29)33/h1-10,18,21,31H,11-17H2. The molecule has 1 fully saturated rings. The Balaban J connectivity index is 1.12. The van der Waals surface area contributed by atoms with Gasteiger partial charge in [-0.15, -0.1) is 0 Å². The van der Waals surface area contributed by atoms with Gasteiger partial charge >= 0.3 is 0 Å². The van der Waals surface area contributed by atoms with Crippen molar-refractivity contribution < 1.29 is 24.4 Å². The van der Waals surface area contributed by atoms with E-state index in [2.05, 4.69) is 4.90 Å². The van der Waals surface area contributed by atoms with E-state index in [0.29, 0.717) is 30.0 Å². The van der Waals surface area contributed by atoms with Crippen LogP contribution in [-0.2, 0) is 0 Å². The Bertz CT molecular complexity index is 1250. The Hall–Kier alpha value is -3.82. The largest absolute Gasteiger partial charge is 0.491 e. The van der Waals surface area contributed by atoms with E-state index in [4.69, 9.17) is 4.74 Å². The predicted octanol–water partition coefficient (Wildman–Crippen LogP) is 3.50. The minimum Gasteiger partial charge on any atom is -0.491 e. The van der Waals surface area contributed by atoms with Crippen LogP contribution in [0.4, 0.5) is 5.69 Å². The van der Waals surface area contributed by atoms with Gasteiger partial charge in [0.1, 0.15) is 18.5 Å². The second-order valence-corrected chi connectivity index (χ2v) is 9.39. The van der Waals surface area contributed by atoms with Gasteiger partial charge in [-0.05, 0) is 61.5 Å². The van der Waals surface area contributed by atoms with Crippen LogP contribution in [0, 0.1) is 16.0 Å². The highest BCUT2D eigenvalue weighted by Crippen LogP contribution is 2.31. The third kappa shape index (κ3) is 4.80. The monoisotopic (exact) mass is 489 g/mol. The van der Waals surface area contributed by atoms with E-state index in [1.165, 1.54) is 29.2 Å². The first kappa shape index (κ1) is 23.9. The summed E-state index contributed by atoms with van der Waals surface area (Å²) < 4.78 is 5.56. The van der Waals surface area contributed by atoms with E-state index in [-0.39, 0.29) is 30.0 Å². The van der Waals surface area contributed by atoms with E-state index in [0.717, 1.165) is 36.7 Å². The molecule has 0 spiro atoms. The average Bonchev–Trinajstić information content (AvgIpc) is 2.89. The molecular weight excluding hydrogens is 462 g/mol. The Morgan fingerprint density at radius 2 is 1.58 bits per heavy atom. The number of ether oxygens (including phenoxy) is 1. The number of nitro groups is 1. The van der Waals surface area contributed by atoms with Gasteiger partial charge in [0, 0.05) is 41.7 Å². The molecule has 1 N–H and O–H groups in total. The number of carbonyl (C=O) groups excluding carboxylic acids is 2.